The Labute approximate surface area is 147 Å². The zero-order chi connectivity index (χ0) is 16.8. The molecule has 0 radical (unpaired) electrons. The molecule has 3 fully saturated rings. The van der Waals surface area contributed by atoms with E-state index in [0.29, 0.717) is 17.6 Å². The minimum absolute atomic E-state index is 0.182. The van der Waals surface area contributed by atoms with Crippen LogP contribution in [0.4, 0.5) is 0 Å². The third-order valence-corrected chi connectivity index (χ3v) is 6.63. The van der Waals surface area contributed by atoms with Crippen molar-refractivity contribution in [3.05, 3.63) is 24.3 Å². The molecule has 4 atom stereocenters. The molecule has 3 aliphatic rings. The molecular weight excluding hydrogens is 314 g/mol. The van der Waals surface area contributed by atoms with Gasteiger partial charge in [0.25, 0.3) is 5.78 Å². The van der Waals surface area contributed by atoms with Crippen LogP contribution < -0.4 is 0 Å². The molecule has 2 aromatic heterocycles. The molecule has 0 spiro atoms. The predicted molar refractivity (Wildman–Crippen MR) is 92.8 cm³/mol. The molecule has 2 bridgehead atoms. The first-order chi connectivity index (χ1) is 12.3. The maximum atomic E-state index is 12.9. The molecule has 3 heterocycles. The summed E-state index contributed by atoms with van der Waals surface area (Å²) in [5.41, 5.74) is 0. The van der Waals surface area contributed by atoms with E-state index in [1.807, 2.05) is 12.3 Å². The number of fused-ring (bicyclic) bond motifs is 3. The van der Waals surface area contributed by atoms with Crippen LogP contribution >= 0.6 is 0 Å². The summed E-state index contributed by atoms with van der Waals surface area (Å²) < 4.78 is 1.64. The summed E-state index contributed by atoms with van der Waals surface area (Å²) in [6.45, 7) is 0.899. The number of nitrogens with zero attached hydrogens (tertiary/aromatic N) is 5. The third kappa shape index (κ3) is 2.81. The molecule has 6 nitrogen and oxygen atoms in total. The van der Waals surface area contributed by atoms with Crippen molar-refractivity contribution in [3.8, 4) is 0 Å². The van der Waals surface area contributed by atoms with E-state index in [-0.39, 0.29) is 12.3 Å². The van der Waals surface area contributed by atoms with E-state index in [9.17, 15) is 4.79 Å². The van der Waals surface area contributed by atoms with Gasteiger partial charge < -0.3 is 4.90 Å². The average molecular weight is 339 g/mol. The maximum absolute atomic E-state index is 12.9. The summed E-state index contributed by atoms with van der Waals surface area (Å²) in [6, 6.07) is 2.26. The highest BCUT2D eigenvalue weighted by Gasteiger charge is 2.42. The van der Waals surface area contributed by atoms with Gasteiger partial charge in [0.15, 0.2) is 5.82 Å². The molecule has 1 amide bonds. The topological polar surface area (TPSA) is 63.4 Å². The van der Waals surface area contributed by atoms with E-state index in [2.05, 4.69) is 20.0 Å². The van der Waals surface area contributed by atoms with Crippen LogP contribution in [0.1, 0.15) is 50.8 Å². The quantitative estimate of drug-likeness (QED) is 0.858. The molecule has 2 aliphatic carbocycles. The normalized spacial score (nSPS) is 31.3. The molecule has 132 valence electrons. The Morgan fingerprint density at radius 3 is 3.00 bits per heavy atom. The number of hydrogen-bond acceptors (Lipinski definition) is 4. The van der Waals surface area contributed by atoms with Crippen molar-refractivity contribution in [2.24, 2.45) is 17.8 Å². The van der Waals surface area contributed by atoms with Crippen LogP contribution in [0, 0.1) is 17.8 Å². The first-order valence-electron chi connectivity index (χ1n) is 9.72. The number of carbonyl (C=O) groups excluding carboxylic acids is 1. The first kappa shape index (κ1) is 15.3. The fraction of sp³-hybridized carbons (Fsp3) is 0.684. The van der Waals surface area contributed by atoms with Crippen LogP contribution in [-0.2, 0) is 11.2 Å². The van der Waals surface area contributed by atoms with Crippen LogP contribution in [0.15, 0.2) is 18.5 Å². The van der Waals surface area contributed by atoms with Gasteiger partial charge in [0.2, 0.25) is 5.91 Å². The second-order valence-electron chi connectivity index (χ2n) is 8.12. The van der Waals surface area contributed by atoms with Crippen LogP contribution in [0.5, 0.6) is 0 Å². The second kappa shape index (κ2) is 6.07. The third-order valence-electron chi connectivity index (χ3n) is 6.63. The van der Waals surface area contributed by atoms with Gasteiger partial charge in [-0.3, -0.25) is 4.79 Å². The lowest BCUT2D eigenvalue weighted by Crippen LogP contribution is -2.38. The first-order valence-corrected chi connectivity index (χ1v) is 9.72. The van der Waals surface area contributed by atoms with Crippen molar-refractivity contribution in [1.82, 2.24) is 24.5 Å². The van der Waals surface area contributed by atoms with E-state index in [1.54, 1.807) is 10.7 Å². The fourth-order valence-electron chi connectivity index (χ4n) is 5.51. The van der Waals surface area contributed by atoms with E-state index >= 15 is 0 Å². The van der Waals surface area contributed by atoms with Gasteiger partial charge in [-0.15, -0.1) is 5.10 Å². The number of hydrogen-bond donors (Lipinski definition) is 0. The van der Waals surface area contributed by atoms with E-state index in [1.165, 1.54) is 38.5 Å². The average Bonchev–Trinajstić information content (AvgIpc) is 3.38. The van der Waals surface area contributed by atoms with Crippen LogP contribution in [-0.4, -0.2) is 43.0 Å². The second-order valence-corrected chi connectivity index (χ2v) is 8.12. The molecule has 0 N–H and O–H groups in total. The summed E-state index contributed by atoms with van der Waals surface area (Å²) in [5.74, 6) is 4.10. The van der Waals surface area contributed by atoms with Crippen LogP contribution in [0.2, 0.25) is 0 Å². The van der Waals surface area contributed by atoms with Crippen molar-refractivity contribution in [2.45, 2.75) is 57.4 Å². The van der Waals surface area contributed by atoms with Gasteiger partial charge in [0, 0.05) is 25.0 Å². The summed E-state index contributed by atoms with van der Waals surface area (Å²) in [5, 5.41) is 4.38. The van der Waals surface area contributed by atoms with Gasteiger partial charge in [-0.2, -0.15) is 4.98 Å². The minimum Gasteiger partial charge on any atom is -0.339 e. The molecule has 1 aliphatic heterocycles. The van der Waals surface area contributed by atoms with Crippen LogP contribution in [0.25, 0.3) is 5.78 Å². The highest BCUT2D eigenvalue weighted by atomic mass is 16.2. The molecule has 5 rings (SSSR count). The highest BCUT2D eigenvalue weighted by Crippen LogP contribution is 2.50. The van der Waals surface area contributed by atoms with Crippen LogP contribution in [0.3, 0.4) is 0 Å². The molecule has 25 heavy (non-hydrogen) atoms. The van der Waals surface area contributed by atoms with Crippen molar-refractivity contribution in [2.75, 3.05) is 6.54 Å². The SMILES string of the molecule is O=C(Cc1nc2ncccn2n1)N1CCCC1CC1CC2CCC1C2. The van der Waals surface area contributed by atoms with Gasteiger partial charge in [-0.25, -0.2) is 9.50 Å². The number of rotatable bonds is 4. The summed E-state index contributed by atoms with van der Waals surface area (Å²) in [6.07, 6.45) is 13.0. The van der Waals surface area contributed by atoms with E-state index < -0.39 is 0 Å². The summed E-state index contributed by atoms with van der Waals surface area (Å²) in [4.78, 5) is 23.5. The molecule has 6 heteroatoms. The number of carbonyl (C=O) groups is 1. The Morgan fingerprint density at radius 2 is 2.20 bits per heavy atom. The number of likely N-dealkylation sites (tertiary alicyclic amines) is 1. The van der Waals surface area contributed by atoms with Gasteiger partial charge >= 0.3 is 0 Å². The van der Waals surface area contributed by atoms with E-state index in [4.69, 9.17) is 0 Å². The Balaban J connectivity index is 1.25. The Bertz CT molecular complexity index is 754. The molecule has 2 aromatic rings. The Morgan fingerprint density at radius 1 is 1.24 bits per heavy atom. The van der Waals surface area contributed by atoms with Gasteiger partial charge in [-0.1, -0.05) is 6.42 Å². The van der Waals surface area contributed by atoms with Crippen molar-refractivity contribution < 1.29 is 4.79 Å². The van der Waals surface area contributed by atoms with E-state index in [0.717, 1.165) is 30.7 Å². The van der Waals surface area contributed by atoms with Gasteiger partial charge in [0.05, 0.1) is 6.42 Å². The van der Waals surface area contributed by atoms with Crippen molar-refractivity contribution >= 4 is 11.7 Å². The van der Waals surface area contributed by atoms with Crippen molar-refractivity contribution in [3.63, 3.8) is 0 Å². The Kier molecular flexibility index (Phi) is 3.71. The smallest absolute Gasteiger partial charge is 0.252 e. The molecular formula is C19H25N5O. The fourth-order valence-corrected chi connectivity index (χ4v) is 5.51. The zero-order valence-electron chi connectivity index (χ0n) is 14.5. The summed E-state index contributed by atoms with van der Waals surface area (Å²) in [7, 11) is 0. The largest absolute Gasteiger partial charge is 0.339 e. The summed E-state index contributed by atoms with van der Waals surface area (Å²) >= 11 is 0. The highest BCUT2D eigenvalue weighted by molar-refractivity contribution is 5.78. The minimum atomic E-state index is 0.182. The van der Waals surface area contributed by atoms with Crippen molar-refractivity contribution in [1.29, 1.82) is 0 Å². The molecule has 0 aromatic carbocycles. The predicted octanol–water partition coefficient (Wildman–Crippen LogP) is 2.48. The molecule has 1 saturated heterocycles. The Hall–Kier alpha value is -1.98. The lowest BCUT2D eigenvalue weighted by Gasteiger charge is -2.30. The lowest BCUT2D eigenvalue weighted by atomic mass is 9.83. The lowest BCUT2D eigenvalue weighted by molar-refractivity contribution is -0.131. The van der Waals surface area contributed by atoms with Gasteiger partial charge in [0.1, 0.15) is 0 Å². The monoisotopic (exact) mass is 339 g/mol. The molecule has 4 unspecified atom stereocenters. The van der Waals surface area contributed by atoms with Gasteiger partial charge in [-0.05, 0) is 62.3 Å². The maximum Gasteiger partial charge on any atom is 0.252 e. The number of amides is 1. The molecule has 2 saturated carbocycles. The zero-order valence-corrected chi connectivity index (χ0v) is 14.5. The number of aromatic nitrogens is 4. The standard InChI is InChI=1S/C19H25N5O/c25-18(12-17-21-19-20-6-2-8-24(19)22-17)23-7-1-3-16(23)11-15-10-13-4-5-14(15)9-13/h2,6,8,13-16H,1,3-5,7,9-12H2.